The van der Waals surface area contributed by atoms with Crippen LogP contribution in [0.1, 0.15) is 85.0 Å². The highest BCUT2D eigenvalue weighted by Crippen LogP contribution is 2.41. The van der Waals surface area contributed by atoms with Gasteiger partial charge in [-0.2, -0.15) is 0 Å². The SMILES string of the molecule is CC(N1CCCC1)n1c(C2CC2)cc(C(=O)N2CCc3ccccc3[C@H]2C)nc1=N. The molecule has 5 rings (SSSR count). The van der Waals surface area contributed by atoms with Crippen LogP contribution in [0, 0.1) is 5.41 Å². The van der Waals surface area contributed by atoms with Gasteiger partial charge >= 0.3 is 0 Å². The molecule has 3 aliphatic rings. The van der Waals surface area contributed by atoms with Gasteiger partial charge in [-0.1, -0.05) is 24.3 Å². The molecular formula is C24H31N5O. The molecule has 0 spiro atoms. The zero-order valence-electron chi connectivity index (χ0n) is 18.0. The molecule has 1 aromatic heterocycles. The van der Waals surface area contributed by atoms with E-state index in [2.05, 4.69) is 46.5 Å². The molecule has 158 valence electrons. The van der Waals surface area contributed by atoms with Crippen molar-refractivity contribution in [3.05, 3.63) is 58.5 Å². The van der Waals surface area contributed by atoms with Crippen molar-refractivity contribution in [2.75, 3.05) is 19.6 Å². The number of hydrogen-bond acceptors (Lipinski definition) is 4. The molecule has 3 heterocycles. The molecule has 30 heavy (non-hydrogen) atoms. The summed E-state index contributed by atoms with van der Waals surface area (Å²) in [5, 5.41) is 8.70. The minimum atomic E-state index is -0.0478. The van der Waals surface area contributed by atoms with Crippen LogP contribution in [0.15, 0.2) is 30.3 Å². The van der Waals surface area contributed by atoms with E-state index in [1.165, 1.54) is 24.0 Å². The summed E-state index contributed by atoms with van der Waals surface area (Å²) in [5.41, 5.74) is 4.31. The summed E-state index contributed by atoms with van der Waals surface area (Å²) in [6.45, 7) is 7.11. The fraction of sp³-hybridized carbons (Fsp3) is 0.542. The smallest absolute Gasteiger partial charge is 0.273 e. The van der Waals surface area contributed by atoms with Gasteiger partial charge in [0.15, 0.2) is 0 Å². The lowest BCUT2D eigenvalue weighted by molar-refractivity contribution is 0.0669. The van der Waals surface area contributed by atoms with Gasteiger partial charge < -0.3 is 4.90 Å². The summed E-state index contributed by atoms with van der Waals surface area (Å²) in [6, 6.07) is 10.4. The first kappa shape index (κ1) is 19.5. The zero-order valence-corrected chi connectivity index (χ0v) is 18.0. The van der Waals surface area contributed by atoms with Crippen LogP contribution in [0.3, 0.4) is 0 Å². The molecule has 6 nitrogen and oxygen atoms in total. The Morgan fingerprint density at radius 1 is 1.17 bits per heavy atom. The maximum absolute atomic E-state index is 13.5. The van der Waals surface area contributed by atoms with Crippen LogP contribution in [-0.2, 0) is 6.42 Å². The molecule has 6 heteroatoms. The number of fused-ring (bicyclic) bond motifs is 1. The minimum Gasteiger partial charge on any atom is -0.330 e. The molecule has 2 fully saturated rings. The molecule has 0 bridgehead atoms. The van der Waals surface area contributed by atoms with Gasteiger partial charge in [-0.15, -0.1) is 0 Å². The average molecular weight is 406 g/mol. The van der Waals surface area contributed by atoms with Crippen molar-refractivity contribution in [3.8, 4) is 0 Å². The van der Waals surface area contributed by atoms with Gasteiger partial charge in [-0.3, -0.25) is 19.7 Å². The average Bonchev–Trinajstić information content (AvgIpc) is 3.46. The Balaban J connectivity index is 1.48. The zero-order chi connectivity index (χ0) is 20.8. The highest BCUT2D eigenvalue weighted by Gasteiger charge is 2.33. The predicted octanol–water partition coefficient (Wildman–Crippen LogP) is 3.61. The van der Waals surface area contributed by atoms with E-state index in [4.69, 9.17) is 5.41 Å². The molecule has 1 saturated heterocycles. The highest BCUT2D eigenvalue weighted by molar-refractivity contribution is 5.92. The van der Waals surface area contributed by atoms with E-state index in [1.54, 1.807) is 0 Å². The molecule has 1 unspecified atom stereocenters. The Morgan fingerprint density at radius 3 is 2.63 bits per heavy atom. The molecule has 0 radical (unpaired) electrons. The van der Waals surface area contributed by atoms with Crippen molar-refractivity contribution < 1.29 is 4.79 Å². The van der Waals surface area contributed by atoms with E-state index >= 15 is 0 Å². The third kappa shape index (κ3) is 3.37. The fourth-order valence-corrected chi connectivity index (χ4v) is 5.20. The number of amides is 1. The Kier molecular flexibility index (Phi) is 4.97. The third-order valence-electron chi connectivity index (χ3n) is 7.13. The topological polar surface area (TPSA) is 65.2 Å². The van der Waals surface area contributed by atoms with Gasteiger partial charge in [-0.05, 0) is 69.1 Å². The summed E-state index contributed by atoms with van der Waals surface area (Å²) in [5.74, 6) is 0.404. The molecule has 1 aliphatic carbocycles. The number of rotatable bonds is 4. The summed E-state index contributed by atoms with van der Waals surface area (Å²) < 4.78 is 2.06. The van der Waals surface area contributed by atoms with E-state index in [0.29, 0.717) is 18.2 Å². The minimum absolute atomic E-state index is 0.0265. The van der Waals surface area contributed by atoms with Crippen molar-refractivity contribution >= 4 is 5.91 Å². The lowest BCUT2D eigenvalue weighted by Gasteiger charge is -2.35. The summed E-state index contributed by atoms with van der Waals surface area (Å²) in [6.07, 6.45) is 5.70. The molecular weight excluding hydrogens is 374 g/mol. The summed E-state index contributed by atoms with van der Waals surface area (Å²) >= 11 is 0. The number of hydrogen-bond donors (Lipinski definition) is 1. The van der Waals surface area contributed by atoms with Gasteiger partial charge in [0.25, 0.3) is 5.91 Å². The van der Waals surface area contributed by atoms with Gasteiger partial charge in [0.1, 0.15) is 5.69 Å². The second-order valence-electron chi connectivity index (χ2n) is 9.03. The lowest BCUT2D eigenvalue weighted by Crippen LogP contribution is -2.42. The highest BCUT2D eigenvalue weighted by atomic mass is 16.2. The number of carbonyl (C=O) groups excluding carboxylic acids is 1. The first-order valence-corrected chi connectivity index (χ1v) is 11.4. The van der Waals surface area contributed by atoms with Crippen LogP contribution in [0.4, 0.5) is 0 Å². The van der Waals surface area contributed by atoms with Crippen molar-refractivity contribution in [2.45, 2.75) is 64.1 Å². The third-order valence-corrected chi connectivity index (χ3v) is 7.13. The standard InChI is InChI=1S/C24H31N5O/c1-16-20-8-4-3-7-18(20)11-14-28(16)23(30)21-15-22(19-9-10-19)29(24(25)26-21)17(2)27-12-5-6-13-27/h3-4,7-8,15-17,19,25H,5-6,9-14H2,1-2H3/t16-,17?/m1/s1. The van der Waals surface area contributed by atoms with Gasteiger partial charge in [0, 0.05) is 25.3 Å². The van der Waals surface area contributed by atoms with Crippen LogP contribution >= 0.6 is 0 Å². The Morgan fingerprint density at radius 2 is 1.90 bits per heavy atom. The van der Waals surface area contributed by atoms with Crippen molar-refractivity contribution in [1.82, 2.24) is 19.4 Å². The van der Waals surface area contributed by atoms with Crippen molar-refractivity contribution in [3.63, 3.8) is 0 Å². The number of carbonyl (C=O) groups is 1. The first-order valence-electron chi connectivity index (χ1n) is 11.4. The van der Waals surface area contributed by atoms with Gasteiger partial charge in [0.05, 0.1) is 12.2 Å². The van der Waals surface area contributed by atoms with E-state index < -0.39 is 0 Å². The molecule has 1 saturated carbocycles. The lowest BCUT2D eigenvalue weighted by atomic mass is 9.93. The Hall–Kier alpha value is -2.47. The second kappa shape index (κ2) is 7.65. The molecule has 1 amide bonds. The predicted molar refractivity (Wildman–Crippen MR) is 115 cm³/mol. The summed E-state index contributed by atoms with van der Waals surface area (Å²) in [7, 11) is 0. The fourth-order valence-electron chi connectivity index (χ4n) is 5.20. The number of aromatic nitrogens is 2. The molecule has 1 aromatic carbocycles. The maximum Gasteiger partial charge on any atom is 0.273 e. The summed E-state index contributed by atoms with van der Waals surface area (Å²) in [4.78, 5) is 22.3. The van der Waals surface area contributed by atoms with Gasteiger partial charge in [0.2, 0.25) is 5.62 Å². The number of nitrogens with one attached hydrogen (secondary N) is 1. The van der Waals surface area contributed by atoms with Gasteiger partial charge in [-0.25, -0.2) is 4.98 Å². The maximum atomic E-state index is 13.5. The van der Waals surface area contributed by atoms with E-state index in [9.17, 15) is 4.79 Å². The normalized spacial score (nSPS) is 22.7. The largest absolute Gasteiger partial charge is 0.330 e. The van der Waals surface area contributed by atoms with Crippen molar-refractivity contribution in [2.24, 2.45) is 0 Å². The van der Waals surface area contributed by atoms with E-state index in [1.807, 2.05) is 17.0 Å². The Labute approximate surface area is 178 Å². The van der Waals surface area contributed by atoms with Crippen LogP contribution in [-0.4, -0.2) is 44.9 Å². The van der Waals surface area contributed by atoms with Crippen LogP contribution in [0.2, 0.25) is 0 Å². The quantitative estimate of drug-likeness (QED) is 0.845. The van der Waals surface area contributed by atoms with Crippen LogP contribution < -0.4 is 5.62 Å². The van der Waals surface area contributed by atoms with Crippen LogP contribution in [0.25, 0.3) is 0 Å². The van der Waals surface area contributed by atoms with E-state index in [0.717, 1.165) is 38.0 Å². The number of likely N-dealkylation sites (tertiary alicyclic amines) is 1. The monoisotopic (exact) mass is 405 g/mol. The first-order chi connectivity index (χ1) is 14.5. The van der Waals surface area contributed by atoms with Crippen molar-refractivity contribution in [1.29, 1.82) is 5.41 Å². The van der Waals surface area contributed by atoms with E-state index in [-0.39, 0.29) is 23.7 Å². The number of benzene rings is 1. The number of nitrogens with zero attached hydrogens (tertiary/aromatic N) is 4. The second-order valence-corrected chi connectivity index (χ2v) is 9.03. The molecule has 2 atom stereocenters. The molecule has 2 aliphatic heterocycles. The van der Waals surface area contributed by atoms with Crippen LogP contribution in [0.5, 0.6) is 0 Å². The molecule has 2 aromatic rings. The molecule has 1 N–H and O–H groups in total. The Bertz CT molecular complexity index is 1020.